The molecular weight excluding hydrogens is 218 g/mol. The highest BCUT2D eigenvalue weighted by atomic mass is 16.4. The zero-order chi connectivity index (χ0) is 12.4. The lowest BCUT2D eigenvalue weighted by Crippen LogP contribution is -2.28. The van der Waals surface area contributed by atoms with E-state index in [0.29, 0.717) is 12.2 Å². The van der Waals surface area contributed by atoms with Crippen LogP contribution < -0.4 is 4.90 Å². The van der Waals surface area contributed by atoms with Gasteiger partial charge < -0.3 is 10.2 Å². The summed E-state index contributed by atoms with van der Waals surface area (Å²) < 4.78 is 0. The molecule has 0 aliphatic rings. The van der Waals surface area contributed by atoms with E-state index in [2.05, 4.69) is 0 Å². The topological polar surface area (TPSA) is 60.8 Å². The third kappa shape index (κ3) is 2.01. The molecule has 2 rings (SSSR count). The minimum atomic E-state index is -1.07. The molecule has 17 heavy (non-hydrogen) atoms. The number of nitrogens with zero attached hydrogens (tertiary/aromatic N) is 1. The number of anilines is 1. The predicted octanol–water partition coefficient (Wildman–Crippen LogP) is 3.05. The molecule has 0 spiro atoms. The van der Waals surface area contributed by atoms with Gasteiger partial charge in [0, 0.05) is 6.54 Å². The molecule has 0 fully saturated rings. The van der Waals surface area contributed by atoms with Crippen LogP contribution in [0.5, 0.6) is 5.75 Å². The fourth-order valence-corrected chi connectivity index (χ4v) is 1.84. The number of amides is 1. The van der Waals surface area contributed by atoms with E-state index in [1.54, 1.807) is 19.1 Å². The maximum Gasteiger partial charge on any atom is 0.411 e. The number of hydrogen-bond acceptors (Lipinski definition) is 2. The lowest BCUT2D eigenvalue weighted by Gasteiger charge is -2.18. The molecule has 2 aromatic carbocycles. The largest absolute Gasteiger partial charge is 0.506 e. The number of carboxylic acid groups (broad SMARTS) is 1. The van der Waals surface area contributed by atoms with Crippen LogP contribution in [0.25, 0.3) is 10.8 Å². The van der Waals surface area contributed by atoms with Crippen molar-refractivity contribution < 1.29 is 15.0 Å². The summed E-state index contributed by atoms with van der Waals surface area (Å²) in [4.78, 5) is 12.1. The molecule has 88 valence electrons. The Hall–Kier alpha value is -2.23. The van der Waals surface area contributed by atoms with E-state index in [4.69, 9.17) is 5.11 Å². The lowest BCUT2D eigenvalue weighted by atomic mass is 10.1. The van der Waals surface area contributed by atoms with E-state index < -0.39 is 6.09 Å². The fourth-order valence-electron chi connectivity index (χ4n) is 1.84. The first-order valence-corrected chi connectivity index (χ1v) is 5.35. The van der Waals surface area contributed by atoms with Gasteiger partial charge in [-0.1, -0.05) is 24.3 Å². The fraction of sp³-hybridized carbons (Fsp3) is 0.154. The van der Waals surface area contributed by atoms with Gasteiger partial charge in [-0.05, 0) is 29.8 Å². The predicted molar refractivity (Wildman–Crippen MR) is 66.7 cm³/mol. The van der Waals surface area contributed by atoms with E-state index >= 15 is 0 Å². The molecule has 0 aromatic heterocycles. The Labute approximate surface area is 98.7 Å². The van der Waals surface area contributed by atoms with Crippen molar-refractivity contribution in [3.05, 3.63) is 36.4 Å². The van der Waals surface area contributed by atoms with Gasteiger partial charge in [-0.2, -0.15) is 0 Å². The quantitative estimate of drug-likeness (QED) is 0.835. The van der Waals surface area contributed by atoms with Gasteiger partial charge in [-0.3, -0.25) is 4.90 Å². The highest BCUT2D eigenvalue weighted by Crippen LogP contribution is 2.32. The van der Waals surface area contributed by atoms with Gasteiger partial charge in [0.25, 0.3) is 0 Å². The minimum Gasteiger partial charge on any atom is -0.506 e. The van der Waals surface area contributed by atoms with Crippen molar-refractivity contribution in [1.82, 2.24) is 0 Å². The van der Waals surface area contributed by atoms with Gasteiger partial charge in [0.2, 0.25) is 0 Å². The summed E-state index contributed by atoms with van der Waals surface area (Å²) in [5.41, 5.74) is 0.318. The number of hydrogen-bond donors (Lipinski definition) is 2. The Morgan fingerprint density at radius 2 is 1.82 bits per heavy atom. The molecule has 0 aliphatic carbocycles. The maximum atomic E-state index is 11.0. The highest BCUT2D eigenvalue weighted by Gasteiger charge is 2.16. The Balaban J connectivity index is 2.61. The Morgan fingerprint density at radius 1 is 1.24 bits per heavy atom. The number of fused-ring (bicyclic) bond motifs is 1. The molecule has 4 heteroatoms. The van der Waals surface area contributed by atoms with Crippen LogP contribution in [-0.4, -0.2) is 22.9 Å². The van der Waals surface area contributed by atoms with Crippen LogP contribution in [-0.2, 0) is 0 Å². The maximum absolute atomic E-state index is 11.0. The van der Waals surface area contributed by atoms with Gasteiger partial charge in [0.1, 0.15) is 5.75 Å². The van der Waals surface area contributed by atoms with Crippen molar-refractivity contribution >= 4 is 22.6 Å². The van der Waals surface area contributed by atoms with Gasteiger partial charge in [0.05, 0.1) is 5.69 Å². The third-order valence-corrected chi connectivity index (χ3v) is 2.68. The second-order valence-corrected chi connectivity index (χ2v) is 3.71. The normalized spacial score (nSPS) is 10.4. The molecule has 0 heterocycles. The van der Waals surface area contributed by atoms with E-state index in [-0.39, 0.29) is 5.75 Å². The van der Waals surface area contributed by atoms with Crippen LogP contribution >= 0.6 is 0 Å². The monoisotopic (exact) mass is 231 g/mol. The molecule has 2 N–H and O–H groups in total. The Kier molecular flexibility index (Phi) is 2.87. The molecule has 0 aliphatic heterocycles. The van der Waals surface area contributed by atoms with Crippen LogP contribution in [0.1, 0.15) is 6.92 Å². The first kappa shape index (κ1) is 11.3. The number of aromatic hydroxyl groups is 1. The summed E-state index contributed by atoms with van der Waals surface area (Å²) in [5, 5.41) is 20.7. The van der Waals surface area contributed by atoms with Gasteiger partial charge in [-0.25, -0.2) is 4.79 Å². The number of phenols is 1. The summed E-state index contributed by atoms with van der Waals surface area (Å²) in [5.74, 6) is -0.0204. The van der Waals surface area contributed by atoms with E-state index in [9.17, 15) is 9.90 Å². The van der Waals surface area contributed by atoms with Crippen LogP contribution in [0.4, 0.5) is 10.5 Å². The molecule has 0 radical (unpaired) electrons. The first-order chi connectivity index (χ1) is 8.13. The standard InChI is InChI=1S/C13H13NO3/c1-2-14(13(16)17)11-7-9-5-3-4-6-10(9)8-12(11)15/h3-8,15H,2H2,1H3,(H,16,17). The number of phenolic OH excluding ortho intramolecular Hbond substituents is 1. The van der Waals surface area contributed by atoms with Crippen molar-refractivity contribution in [2.75, 3.05) is 11.4 Å². The van der Waals surface area contributed by atoms with E-state index in [0.717, 1.165) is 15.7 Å². The van der Waals surface area contributed by atoms with Crippen LogP contribution in [0.3, 0.4) is 0 Å². The minimum absolute atomic E-state index is 0.0204. The van der Waals surface area contributed by atoms with Gasteiger partial charge >= 0.3 is 6.09 Å². The average Bonchev–Trinajstić information content (AvgIpc) is 2.30. The summed E-state index contributed by atoms with van der Waals surface area (Å²) >= 11 is 0. The molecule has 0 saturated carbocycles. The summed E-state index contributed by atoms with van der Waals surface area (Å²) in [6, 6.07) is 10.8. The van der Waals surface area contributed by atoms with Crippen molar-refractivity contribution in [1.29, 1.82) is 0 Å². The van der Waals surface area contributed by atoms with Crippen molar-refractivity contribution in [2.45, 2.75) is 6.92 Å². The Morgan fingerprint density at radius 3 is 2.35 bits per heavy atom. The van der Waals surface area contributed by atoms with Crippen LogP contribution in [0.2, 0.25) is 0 Å². The van der Waals surface area contributed by atoms with E-state index in [1.165, 1.54) is 0 Å². The second-order valence-electron chi connectivity index (χ2n) is 3.71. The van der Waals surface area contributed by atoms with Gasteiger partial charge in [-0.15, -0.1) is 0 Å². The van der Waals surface area contributed by atoms with Crippen LogP contribution in [0.15, 0.2) is 36.4 Å². The third-order valence-electron chi connectivity index (χ3n) is 2.68. The SMILES string of the molecule is CCN(C(=O)O)c1cc2ccccc2cc1O. The summed E-state index contributed by atoms with van der Waals surface area (Å²) in [7, 11) is 0. The summed E-state index contributed by atoms with van der Waals surface area (Å²) in [6.07, 6.45) is -1.07. The zero-order valence-corrected chi connectivity index (χ0v) is 9.42. The molecule has 0 atom stereocenters. The van der Waals surface area contributed by atoms with Crippen molar-refractivity contribution in [2.24, 2.45) is 0 Å². The molecular formula is C13H13NO3. The average molecular weight is 231 g/mol. The highest BCUT2D eigenvalue weighted by molar-refractivity contribution is 5.95. The first-order valence-electron chi connectivity index (χ1n) is 5.35. The van der Waals surface area contributed by atoms with Crippen molar-refractivity contribution in [3.63, 3.8) is 0 Å². The number of carbonyl (C=O) groups is 1. The lowest BCUT2D eigenvalue weighted by molar-refractivity contribution is 0.202. The smallest absolute Gasteiger partial charge is 0.411 e. The van der Waals surface area contributed by atoms with Crippen LogP contribution in [0, 0.1) is 0 Å². The molecule has 1 amide bonds. The molecule has 0 bridgehead atoms. The molecule has 0 unspecified atom stereocenters. The summed E-state index contributed by atoms with van der Waals surface area (Å²) in [6.45, 7) is 2.02. The molecule has 2 aromatic rings. The van der Waals surface area contributed by atoms with E-state index in [1.807, 2.05) is 24.3 Å². The number of benzene rings is 2. The Bertz CT molecular complexity index is 566. The second kappa shape index (κ2) is 4.33. The van der Waals surface area contributed by atoms with Gasteiger partial charge in [0.15, 0.2) is 0 Å². The molecule has 4 nitrogen and oxygen atoms in total. The zero-order valence-electron chi connectivity index (χ0n) is 9.42. The number of rotatable bonds is 2. The van der Waals surface area contributed by atoms with Crippen molar-refractivity contribution in [3.8, 4) is 5.75 Å². The molecule has 0 saturated heterocycles.